The molecule has 144 valence electrons. The van der Waals surface area contributed by atoms with E-state index in [1.165, 1.54) is 24.5 Å². The fourth-order valence-corrected chi connectivity index (χ4v) is 3.78. The van der Waals surface area contributed by atoms with Gasteiger partial charge in [-0.25, -0.2) is 4.98 Å². The van der Waals surface area contributed by atoms with Crippen molar-refractivity contribution >= 4 is 0 Å². The molecule has 0 aliphatic carbocycles. The summed E-state index contributed by atoms with van der Waals surface area (Å²) in [6, 6.07) is 13.5. The number of likely N-dealkylation sites (tertiary alicyclic amines) is 1. The number of piperidine rings is 1. The molecule has 6 heteroatoms. The Labute approximate surface area is 164 Å². The van der Waals surface area contributed by atoms with Crippen LogP contribution in [0.2, 0.25) is 0 Å². The highest BCUT2D eigenvalue weighted by Gasteiger charge is 2.18. The molecule has 0 amide bonds. The maximum atomic E-state index is 12.1. The molecular weight excluding hydrogens is 350 g/mol. The highest BCUT2D eigenvalue weighted by atomic mass is 16.1. The van der Waals surface area contributed by atoms with Crippen LogP contribution in [-0.4, -0.2) is 39.5 Å². The molecule has 3 N–H and O–H groups in total. The molecule has 1 aliphatic rings. The number of H-pyrrole nitrogens is 1. The second-order valence-corrected chi connectivity index (χ2v) is 7.39. The lowest BCUT2D eigenvalue weighted by Gasteiger charge is -2.32. The molecule has 1 fully saturated rings. The quantitative estimate of drug-likeness (QED) is 0.716. The first-order valence-corrected chi connectivity index (χ1v) is 9.75. The van der Waals surface area contributed by atoms with Crippen LogP contribution < -0.4 is 11.3 Å². The second kappa shape index (κ2) is 8.46. The predicted molar refractivity (Wildman–Crippen MR) is 111 cm³/mol. The SMILES string of the molecule is NCC1CCCN(Cc2ccc(-c3nc(-c4ccncc4)cc(=O)[nH]3)cc2)C1. The highest BCUT2D eigenvalue weighted by molar-refractivity contribution is 5.63. The van der Waals surface area contributed by atoms with Crippen LogP contribution in [-0.2, 0) is 6.54 Å². The third kappa shape index (κ3) is 4.35. The standard InChI is InChI=1S/C22H25N5O/c23-13-17-2-1-11-27(15-17)14-16-3-5-19(6-4-16)22-25-20(12-21(28)26-22)18-7-9-24-10-8-18/h3-10,12,17H,1-2,11,13-15,23H2,(H,25,26,28). The van der Waals surface area contributed by atoms with Crippen LogP contribution in [0, 0.1) is 5.92 Å². The van der Waals surface area contributed by atoms with Crippen LogP contribution >= 0.6 is 0 Å². The van der Waals surface area contributed by atoms with Crippen molar-refractivity contribution < 1.29 is 0 Å². The number of hydrogen-bond acceptors (Lipinski definition) is 5. The van der Waals surface area contributed by atoms with Gasteiger partial charge in [-0.05, 0) is 49.5 Å². The van der Waals surface area contributed by atoms with Gasteiger partial charge in [0.15, 0.2) is 0 Å². The molecule has 4 rings (SSSR count). The first-order valence-electron chi connectivity index (χ1n) is 9.75. The Hall–Kier alpha value is -2.83. The van der Waals surface area contributed by atoms with Gasteiger partial charge in [-0.2, -0.15) is 0 Å². The van der Waals surface area contributed by atoms with Crippen LogP contribution in [0.1, 0.15) is 18.4 Å². The van der Waals surface area contributed by atoms with Gasteiger partial charge in [0.25, 0.3) is 5.56 Å². The third-order valence-corrected chi connectivity index (χ3v) is 5.29. The maximum Gasteiger partial charge on any atom is 0.251 e. The number of nitrogens with two attached hydrogens (primary N) is 1. The summed E-state index contributed by atoms with van der Waals surface area (Å²) >= 11 is 0. The minimum Gasteiger partial charge on any atom is -0.330 e. The van der Waals surface area contributed by atoms with E-state index in [9.17, 15) is 4.79 Å². The zero-order chi connectivity index (χ0) is 19.3. The monoisotopic (exact) mass is 375 g/mol. The first-order chi connectivity index (χ1) is 13.7. The van der Waals surface area contributed by atoms with E-state index in [-0.39, 0.29) is 5.56 Å². The number of aromatic amines is 1. The predicted octanol–water partition coefficient (Wildman–Crippen LogP) is 2.67. The Morgan fingerprint density at radius 3 is 2.64 bits per heavy atom. The molecule has 1 atom stereocenters. The van der Waals surface area contributed by atoms with Crippen LogP contribution in [0.3, 0.4) is 0 Å². The fourth-order valence-electron chi connectivity index (χ4n) is 3.78. The van der Waals surface area contributed by atoms with Gasteiger partial charge >= 0.3 is 0 Å². The maximum absolute atomic E-state index is 12.1. The van der Waals surface area contributed by atoms with Gasteiger partial charge in [-0.1, -0.05) is 24.3 Å². The summed E-state index contributed by atoms with van der Waals surface area (Å²) in [6.07, 6.45) is 5.84. The van der Waals surface area contributed by atoms with E-state index in [1.807, 2.05) is 24.3 Å². The van der Waals surface area contributed by atoms with E-state index >= 15 is 0 Å². The smallest absolute Gasteiger partial charge is 0.251 e. The van der Waals surface area contributed by atoms with E-state index in [4.69, 9.17) is 5.73 Å². The molecule has 3 heterocycles. The first kappa shape index (κ1) is 18.5. The minimum atomic E-state index is -0.165. The molecule has 1 aliphatic heterocycles. The largest absolute Gasteiger partial charge is 0.330 e. The van der Waals surface area contributed by atoms with Gasteiger partial charge in [0.1, 0.15) is 5.82 Å². The van der Waals surface area contributed by atoms with Crippen molar-refractivity contribution in [2.24, 2.45) is 11.7 Å². The minimum absolute atomic E-state index is 0.165. The molecule has 0 spiro atoms. The average Bonchev–Trinajstić information content (AvgIpc) is 2.74. The summed E-state index contributed by atoms with van der Waals surface area (Å²) in [7, 11) is 0. The van der Waals surface area contributed by atoms with E-state index in [0.29, 0.717) is 17.4 Å². The molecule has 1 unspecified atom stereocenters. The molecule has 3 aromatic rings. The molecule has 6 nitrogen and oxygen atoms in total. The molecule has 1 aromatic carbocycles. The van der Waals surface area contributed by atoms with E-state index in [2.05, 4.69) is 32.0 Å². The van der Waals surface area contributed by atoms with Gasteiger partial charge in [-0.15, -0.1) is 0 Å². The van der Waals surface area contributed by atoms with Crippen molar-refractivity contribution in [2.75, 3.05) is 19.6 Å². The zero-order valence-electron chi connectivity index (χ0n) is 15.8. The number of benzene rings is 1. The molecule has 0 radical (unpaired) electrons. The lowest BCUT2D eigenvalue weighted by atomic mass is 9.98. The molecule has 2 aromatic heterocycles. The van der Waals surface area contributed by atoms with Gasteiger partial charge in [0.2, 0.25) is 0 Å². The molecule has 28 heavy (non-hydrogen) atoms. The number of pyridine rings is 1. The summed E-state index contributed by atoms with van der Waals surface area (Å²) in [5.41, 5.74) is 9.35. The molecule has 0 bridgehead atoms. The van der Waals surface area contributed by atoms with E-state index in [1.54, 1.807) is 12.4 Å². The Morgan fingerprint density at radius 1 is 1.11 bits per heavy atom. The number of aromatic nitrogens is 3. The van der Waals surface area contributed by atoms with E-state index < -0.39 is 0 Å². The summed E-state index contributed by atoms with van der Waals surface area (Å²) in [4.78, 5) is 26.1. The van der Waals surface area contributed by atoms with Crippen molar-refractivity contribution in [3.05, 3.63) is 70.8 Å². The summed E-state index contributed by atoms with van der Waals surface area (Å²) in [6.45, 7) is 3.89. The summed E-state index contributed by atoms with van der Waals surface area (Å²) in [5, 5.41) is 0. The van der Waals surface area contributed by atoms with Crippen molar-refractivity contribution in [1.29, 1.82) is 0 Å². The topological polar surface area (TPSA) is 87.9 Å². The fraction of sp³-hybridized carbons (Fsp3) is 0.318. The average molecular weight is 375 g/mol. The zero-order valence-corrected chi connectivity index (χ0v) is 15.8. The molecular formula is C22H25N5O. The Bertz CT molecular complexity index is 968. The summed E-state index contributed by atoms with van der Waals surface area (Å²) in [5.74, 6) is 1.19. The van der Waals surface area contributed by atoms with Gasteiger partial charge < -0.3 is 10.7 Å². The lowest BCUT2D eigenvalue weighted by molar-refractivity contribution is 0.171. The number of nitrogens with zero attached hydrogens (tertiary/aromatic N) is 3. The molecule has 1 saturated heterocycles. The Morgan fingerprint density at radius 2 is 1.89 bits per heavy atom. The van der Waals surface area contributed by atoms with Crippen molar-refractivity contribution in [3.8, 4) is 22.6 Å². The number of hydrogen-bond donors (Lipinski definition) is 2. The van der Waals surface area contributed by atoms with Crippen molar-refractivity contribution in [2.45, 2.75) is 19.4 Å². The van der Waals surface area contributed by atoms with Crippen LogP contribution in [0.15, 0.2) is 59.7 Å². The number of nitrogens with one attached hydrogen (secondary N) is 1. The van der Waals surface area contributed by atoms with Crippen LogP contribution in [0.4, 0.5) is 0 Å². The Kier molecular flexibility index (Phi) is 5.60. The van der Waals surface area contributed by atoms with Gasteiger partial charge in [0.05, 0.1) is 5.69 Å². The third-order valence-electron chi connectivity index (χ3n) is 5.29. The van der Waals surface area contributed by atoms with Gasteiger partial charge in [-0.3, -0.25) is 14.7 Å². The molecule has 0 saturated carbocycles. The van der Waals surface area contributed by atoms with Gasteiger partial charge in [0, 0.05) is 42.7 Å². The van der Waals surface area contributed by atoms with Crippen molar-refractivity contribution in [1.82, 2.24) is 19.9 Å². The normalized spacial score (nSPS) is 17.5. The second-order valence-electron chi connectivity index (χ2n) is 7.39. The Balaban J connectivity index is 1.53. The van der Waals surface area contributed by atoms with Crippen molar-refractivity contribution in [3.63, 3.8) is 0 Å². The van der Waals surface area contributed by atoms with E-state index in [0.717, 1.165) is 37.3 Å². The van der Waals surface area contributed by atoms with Crippen LogP contribution in [0.25, 0.3) is 22.6 Å². The van der Waals surface area contributed by atoms with Crippen LogP contribution in [0.5, 0.6) is 0 Å². The number of rotatable bonds is 5. The summed E-state index contributed by atoms with van der Waals surface area (Å²) < 4.78 is 0. The highest BCUT2D eigenvalue weighted by Crippen LogP contribution is 2.21. The lowest BCUT2D eigenvalue weighted by Crippen LogP contribution is -2.37.